The van der Waals surface area contributed by atoms with Gasteiger partial charge < -0.3 is 9.47 Å². The Labute approximate surface area is 175 Å². The van der Waals surface area contributed by atoms with Crippen molar-refractivity contribution in [3.8, 4) is 5.88 Å². The lowest BCUT2D eigenvalue weighted by Gasteiger charge is -2.38. The Morgan fingerprint density at radius 1 is 1.21 bits per heavy atom. The molecule has 0 amide bonds. The molecule has 0 radical (unpaired) electrons. The third-order valence-electron chi connectivity index (χ3n) is 6.41. The van der Waals surface area contributed by atoms with Gasteiger partial charge in [0.1, 0.15) is 0 Å². The molecule has 0 spiro atoms. The van der Waals surface area contributed by atoms with Crippen LogP contribution in [0.4, 0.5) is 0 Å². The lowest BCUT2D eigenvalue weighted by atomic mass is 9.81. The summed E-state index contributed by atoms with van der Waals surface area (Å²) in [6.07, 6.45) is 7.11. The SMILES string of the molecule is CCOC[C@@]1(CCc2ccnc(OC)c2)CCN(C(C)(C)c2ccc(C)nc2)C1. The first-order valence-electron chi connectivity index (χ1n) is 10.6. The molecule has 1 saturated heterocycles. The standard InChI is InChI=1S/C24H35N3O2/c1-6-29-18-24(11-9-20-10-13-25-22(15-20)28-5)12-14-27(17-24)23(3,4)21-8-7-19(2)26-16-21/h7-8,10,13,15-16H,6,9,11-12,14,17-18H2,1-5H3/t24-/m0/s1. The van der Waals surface area contributed by atoms with Gasteiger partial charge in [0.25, 0.3) is 0 Å². The molecule has 1 aliphatic rings. The Balaban J connectivity index is 1.73. The number of nitrogens with zero attached hydrogens (tertiary/aromatic N) is 3. The summed E-state index contributed by atoms with van der Waals surface area (Å²) >= 11 is 0. The lowest BCUT2D eigenvalue weighted by Crippen LogP contribution is -2.42. The van der Waals surface area contributed by atoms with Crippen LogP contribution in [0.25, 0.3) is 0 Å². The minimum Gasteiger partial charge on any atom is -0.481 e. The number of hydrogen-bond donors (Lipinski definition) is 0. The second-order valence-electron chi connectivity index (χ2n) is 8.76. The largest absolute Gasteiger partial charge is 0.481 e. The third kappa shape index (κ3) is 5.14. The van der Waals surface area contributed by atoms with Crippen LogP contribution in [0.5, 0.6) is 5.88 Å². The number of rotatable bonds is 9. The van der Waals surface area contributed by atoms with E-state index in [1.54, 1.807) is 7.11 Å². The highest BCUT2D eigenvalue weighted by atomic mass is 16.5. The molecular weight excluding hydrogens is 362 g/mol. The quantitative estimate of drug-likeness (QED) is 0.628. The van der Waals surface area contributed by atoms with Crippen molar-refractivity contribution in [1.82, 2.24) is 14.9 Å². The number of methoxy groups -OCH3 is 1. The van der Waals surface area contributed by atoms with Crippen molar-refractivity contribution in [2.75, 3.05) is 33.4 Å². The summed E-state index contributed by atoms with van der Waals surface area (Å²) < 4.78 is 11.2. The van der Waals surface area contributed by atoms with Crippen LogP contribution in [-0.2, 0) is 16.7 Å². The molecule has 0 aromatic carbocycles. The zero-order valence-electron chi connectivity index (χ0n) is 18.6. The Kier molecular flexibility index (Phi) is 6.91. The van der Waals surface area contributed by atoms with Crippen LogP contribution in [0.1, 0.15) is 50.4 Å². The van der Waals surface area contributed by atoms with Gasteiger partial charge in [-0.2, -0.15) is 0 Å². The molecule has 29 heavy (non-hydrogen) atoms. The van der Waals surface area contributed by atoms with E-state index in [0.29, 0.717) is 5.88 Å². The van der Waals surface area contributed by atoms with Gasteiger partial charge in [0.2, 0.25) is 5.88 Å². The molecule has 5 nitrogen and oxygen atoms in total. The number of likely N-dealkylation sites (tertiary alicyclic amines) is 1. The van der Waals surface area contributed by atoms with Crippen LogP contribution in [0, 0.1) is 12.3 Å². The van der Waals surface area contributed by atoms with Crippen molar-refractivity contribution in [3.05, 3.63) is 53.5 Å². The Morgan fingerprint density at radius 3 is 2.72 bits per heavy atom. The molecule has 158 valence electrons. The van der Waals surface area contributed by atoms with Crippen LogP contribution >= 0.6 is 0 Å². The molecule has 1 aliphatic heterocycles. The first-order chi connectivity index (χ1) is 13.9. The van der Waals surface area contributed by atoms with E-state index in [1.165, 1.54) is 11.1 Å². The van der Waals surface area contributed by atoms with Crippen LogP contribution in [-0.4, -0.2) is 48.3 Å². The first-order valence-corrected chi connectivity index (χ1v) is 10.6. The highest BCUT2D eigenvalue weighted by Gasteiger charge is 2.43. The molecular formula is C24H35N3O2. The van der Waals surface area contributed by atoms with E-state index in [0.717, 1.165) is 51.3 Å². The molecule has 2 aromatic heterocycles. The van der Waals surface area contributed by atoms with Gasteiger partial charge in [-0.05, 0) is 76.8 Å². The zero-order valence-corrected chi connectivity index (χ0v) is 18.6. The van der Waals surface area contributed by atoms with Gasteiger partial charge in [0.15, 0.2) is 0 Å². The van der Waals surface area contributed by atoms with E-state index in [1.807, 2.05) is 25.4 Å². The van der Waals surface area contributed by atoms with Crippen molar-refractivity contribution in [3.63, 3.8) is 0 Å². The molecule has 5 heteroatoms. The van der Waals surface area contributed by atoms with Crippen LogP contribution in [0.3, 0.4) is 0 Å². The molecule has 1 atom stereocenters. The minimum atomic E-state index is -0.0471. The zero-order chi connectivity index (χ0) is 20.9. The van der Waals surface area contributed by atoms with Crippen molar-refractivity contribution < 1.29 is 9.47 Å². The van der Waals surface area contributed by atoms with Crippen molar-refractivity contribution >= 4 is 0 Å². The average molecular weight is 398 g/mol. The first kappa shape index (κ1) is 21.7. The average Bonchev–Trinajstić information content (AvgIpc) is 3.17. The van der Waals surface area contributed by atoms with Crippen molar-refractivity contribution in [2.45, 2.75) is 52.5 Å². The fourth-order valence-electron chi connectivity index (χ4n) is 4.26. The summed E-state index contributed by atoms with van der Waals surface area (Å²) in [7, 11) is 1.67. The number of pyridine rings is 2. The molecule has 2 aromatic rings. The summed E-state index contributed by atoms with van der Waals surface area (Å²) in [6.45, 7) is 12.4. The Bertz CT molecular complexity index is 791. The van der Waals surface area contributed by atoms with Gasteiger partial charge in [-0.15, -0.1) is 0 Å². The monoisotopic (exact) mass is 397 g/mol. The van der Waals surface area contributed by atoms with Crippen molar-refractivity contribution in [1.29, 1.82) is 0 Å². The highest BCUT2D eigenvalue weighted by Crippen LogP contribution is 2.41. The highest BCUT2D eigenvalue weighted by molar-refractivity contribution is 5.23. The second-order valence-corrected chi connectivity index (χ2v) is 8.76. The second kappa shape index (κ2) is 9.23. The van der Waals surface area contributed by atoms with Gasteiger partial charge in [-0.1, -0.05) is 6.07 Å². The van der Waals surface area contributed by atoms with E-state index >= 15 is 0 Å². The molecule has 0 unspecified atom stereocenters. The maximum Gasteiger partial charge on any atom is 0.213 e. The summed E-state index contributed by atoms with van der Waals surface area (Å²) in [5, 5.41) is 0. The van der Waals surface area contributed by atoms with Gasteiger partial charge in [-0.25, -0.2) is 4.98 Å². The lowest BCUT2D eigenvalue weighted by molar-refractivity contribution is 0.0384. The van der Waals surface area contributed by atoms with E-state index in [4.69, 9.17) is 9.47 Å². The summed E-state index contributed by atoms with van der Waals surface area (Å²) in [5.41, 5.74) is 3.73. The van der Waals surface area contributed by atoms with E-state index in [2.05, 4.69) is 53.8 Å². The number of aryl methyl sites for hydroxylation is 2. The predicted octanol–water partition coefficient (Wildman–Crippen LogP) is 4.39. The van der Waals surface area contributed by atoms with Crippen LogP contribution in [0.2, 0.25) is 0 Å². The fraction of sp³-hybridized carbons (Fsp3) is 0.583. The molecule has 0 N–H and O–H groups in total. The van der Waals surface area contributed by atoms with Gasteiger partial charge in [0, 0.05) is 48.3 Å². The Hall–Kier alpha value is -1.98. The van der Waals surface area contributed by atoms with Gasteiger partial charge >= 0.3 is 0 Å². The van der Waals surface area contributed by atoms with Gasteiger partial charge in [0.05, 0.1) is 13.7 Å². The molecule has 0 saturated carbocycles. The maximum absolute atomic E-state index is 5.96. The van der Waals surface area contributed by atoms with Crippen molar-refractivity contribution in [2.24, 2.45) is 5.41 Å². The smallest absolute Gasteiger partial charge is 0.213 e. The fourth-order valence-corrected chi connectivity index (χ4v) is 4.26. The Morgan fingerprint density at radius 2 is 2.03 bits per heavy atom. The topological polar surface area (TPSA) is 47.5 Å². The summed E-state index contributed by atoms with van der Waals surface area (Å²) in [6, 6.07) is 8.46. The molecule has 1 fully saturated rings. The molecule has 0 bridgehead atoms. The summed E-state index contributed by atoms with van der Waals surface area (Å²) in [4.78, 5) is 11.4. The molecule has 3 rings (SSSR count). The van der Waals surface area contributed by atoms with E-state index in [-0.39, 0.29) is 11.0 Å². The minimum absolute atomic E-state index is 0.0471. The number of ether oxygens (including phenoxy) is 2. The predicted molar refractivity (Wildman–Crippen MR) is 116 cm³/mol. The number of aromatic nitrogens is 2. The molecule has 3 heterocycles. The number of hydrogen-bond acceptors (Lipinski definition) is 5. The third-order valence-corrected chi connectivity index (χ3v) is 6.41. The van der Waals surface area contributed by atoms with Crippen LogP contribution in [0.15, 0.2) is 36.7 Å². The van der Waals surface area contributed by atoms with E-state index < -0.39 is 0 Å². The normalized spacial score (nSPS) is 20.2. The molecule has 0 aliphatic carbocycles. The van der Waals surface area contributed by atoms with E-state index in [9.17, 15) is 0 Å². The van der Waals surface area contributed by atoms with Gasteiger partial charge in [-0.3, -0.25) is 9.88 Å². The maximum atomic E-state index is 5.96. The summed E-state index contributed by atoms with van der Waals surface area (Å²) in [5.74, 6) is 0.683. The van der Waals surface area contributed by atoms with Crippen LogP contribution < -0.4 is 4.74 Å².